The van der Waals surface area contributed by atoms with Crippen molar-refractivity contribution in [3.63, 3.8) is 0 Å². The van der Waals surface area contributed by atoms with Gasteiger partial charge >= 0.3 is 17.6 Å². The fourth-order valence-corrected chi connectivity index (χ4v) is 3.16. The predicted molar refractivity (Wildman–Crippen MR) is 115 cm³/mol. The number of rotatable bonds is 6. The van der Waals surface area contributed by atoms with Gasteiger partial charge < -0.3 is 15.2 Å². The van der Waals surface area contributed by atoms with E-state index < -0.39 is 29.3 Å². The number of aromatic nitrogens is 3. The lowest BCUT2D eigenvalue weighted by atomic mass is 10.1. The van der Waals surface area contributed by atoms with Gasteiger partial charge in [-0.15, -0.1) is 0 Å². The van der Waals surface area contributed by atoms with Crippen LogP contribution in [0.5, 0.6) is 0 Å². The number of methoxy groups -OCH3 is 1. The van der Waals surface area contributed by atoms with Crippen LogP contribution in [0, 0.1) is 0 Å². The number of fused-ring (bicyclic) bond motifs is 1. The number of benzene rings is 1. The molecule has 9 nitrogen and oxygen atoms in total. The molecular weight excluding hydrogens is 400 g/mol. The van der Waals surface area contributed by atoms with Crippen LogP contribution in [0.25, 0.3) is 16.9 Å². The van der Waals surface area contributed by atoms with Gasteiger partial charge in [0.2, 0.25) is 0 Å². The van der Waals surface area contributed by atoms with E-state index in [1.807, 2.05) is 0 Å². The third kappa shape index (κ3) is 5.00. The average Bonchev–Trinajstić information content (AvgIpc) is 2.99. The van der Waals surface area contributed by atoms with Gasteiger partial charge in [0.25, 0.3) is 0 Å². The lowest BCUT2D eigenvalue weighted by Gasteiger charge is -2.22. The van der Waals surface area contributed by atoms with Crippen molar-refractivity contribution in [1.29, 1.82) is 0 Å². The number of pyridine rings is 1. The van der Waals surface area contributed by atoms with Crippen molar-refractivity contribution in [2.24, 2.45) is 5.73 Å². The summed E-state index contributed by atoms with van der Waals surface area (Å²) in [5.74, 6) is -1.00. The zero-order valence-corrected chi connectivity index (χ0v) is 18.0. The fourth-order valence-electron chi connectivity index (χ4n) is 3.16. The molecular formula is C22H26N4O5. The number of ether oxygens (including phenoxy) is 2. The fraction of sp³-hybridized carbons (Fsp3) is 0.364. The van der Waals surface area contributed by atoms with E-state index in [2.05, 4.69) is 4.98 Å². The number of nitrogens with two attached hydrogens (primary N) is 1. The highest BCUT2D eigenvalue weighted by Gasteiger charge is 2.23. The second kappa shape index (κ2) is 8.73. The Kier molecular flexibility index (Phi) is 6.26. The molecule has 1 atom stereocenters. The molecule has 9 heteroatoms. The molecule has 0 bridgehead atoms. The van der Waals surface area contributed by atoms with E-state index >= 15 is 0 Å². The van der Waals surface area contributed by atoms with Gasteiger partial charge in [0.15, 0.2) is 5.65 Å². The first kappa shape index (κ1) is 22.2. The number of imidazole rings is 1. The molecule has 0 radical (unpaired) electrons. The first-order valence-corrected chi connectivity index (χ1v) is 9.81. The van der Waals surface area contributed by atoms with Crippen molar-refractivity contribution in [1.82, 2.24) is 14.1 Å². The summed E-state index contributed by atoms with van der Waals surface area (Å²) in [4.78, 5) is 41.2. The van der Waals surface area contributed by atoms with Crippen LogP contribution in [-0.4, -0.2) is 44.8 Å². The molecule has 0 saturated heterocycles. The minimum absolute atomic E-state index is 0.215. The number of hydrogen-bond acceptors (Lipinski definition) is 7. The van der Waals surface area contributed by atoms with E-state index in [0.717, 1.165) is 5.56 Å². The van der Waals surface area contributed by atoms with Crippen molar-refractivity contribution < 1.29 is 19.1 Å². The summed E-state index contributed by atoms with van der Waals surface area (Å²) in [5.41, 5.74) is 7.31. The first-order valence-electron chi connectivity index (χ1n) is 9.81. The predicted octanol–water partition coefficient (Wildman–Crippen LogP) is 1.57. The van der Waals surface area contributed by atoms with Crippen LogP contribution in [0.2, 0.25) is 0 Å². The topological polar surface area (TPSA) is 118 Å². The Morgan fingerprint density at radius 1 is 1.16 bits per heavy atom. The van der Waals surface area contributed by atoms with Crippen LogP contribution in [0.3, 0.4) is 0 Å². The molecule has 0 spiro atoms. The van der Waals surface area contributed by atoms with Crippen LogP contribution >= 0.6 is 0 Å². The van der Waals surface area contributed by atoms with Crippen LogP contribution in [0.4, 0.5) is 0 Å². The van der Waals surface area contributed by atoms with Crippen molar-refractivity contribution in [2.75, 3.05) is 7.11 Å². The van der Waals surface area contributed by atoms with Gasteiger partial charge in [-0.3, -0.25) is 14.2 Å². The molecule has 0 aliphatic heterocycles. The zero-order chi connectivity index (χ0) is 22.8. The molecule has 2 aromatic heterocycles. The summed E-state index contributed by atoms with van der Waals surface area (Å²) in [6, 6.07) is 9.69. The Morgan fingerprint density at radius 3 is 2.45 bits per heavy atom. The molecule has 0 aliphatic rings. The molecule has 2 N–H and O–H groups in total. The second-order valence-electron chi connectivity index (χ2n) is 8.14. The summed E-state index contributed by atoms with van der Waals surface area (Å²) < 4.78 is 12.8. The normalized spacial score (nSPS) is 12.5. The average molecular weight is 426 g/mol. The van der Waals surface area contributed by atoms with Gasteiger partial charge in [0, 0.05) is 6.20 Å². The highest BCUT2D eigenvalue weighted by atomic mass is 16.6. The Balaban J connectivity index is 1.89. The van der Waals surface area contributed by atoms with Crippen LogP contribution < -0.4 is 11.4 Å². The largest absolute Gasteiger partial charge is 0.468 e. The molecule has 2 heterocycles. The Bertz CT molecular complexity index is 1160. The second-order valence-corrected chi connectivity index (χ2v) is 8.14. The Morgan fingerprint density at radius 2 is 1.84 bits per heavy atom. The molecule has 3 aromatic rings. The molecule has 1 unspecified atom stereocenters. The van der Waals surface area contributed by atoms with Gasteiger partial charge in [-0.1, -0.05) is 12.1 Å². The standard InChI is InChI=1S/C22H26N4O5/c1-22(2,3)31-20(28)16(23)12-14-7-9-15(10-8-14)26-19-17(6-5-11-24-19)25(21(26)29)13-18(27)30-4/h5-11,16H,12-13,23H2,1-4H3. The van der Waals surface area contributed by atoms with Crippen molar-refractivity contribution in [3.05, 3.63) is 58.6 Å². The lowest BCUT2D eigenvalue weighted by Crippen LogP contribution is -2.38. The highest BCUT2D eigenvalue weighted by Crippen LogP contribution is 2.17. The van der Waals surface area contributed by atoms with Crippen molar-refractivity contribution in [2.45, 2.75) is 45.4 Å². The maximum absolute atomic E-state index is 13.0. The summed E-state index contributed by atoms with van der Waals surface area (Å²) in [6.07, 6.45) is 1.88. The maximum Gasteiger partial charge on any atom is 0.335 e. The van der Waals surface area contributed by atoms with Gasteiger partial charge in [0.1, 0.15) is 18.2 Å². The van der Waals surface area contributed by atoms with Gasteiger partial charge in [-0.2, -0.15) is 0 Å². The molecule has 31 heavy (non-hydrogen) atoms. The number of esters is 2. The molecule has 3 rings (SSSR count). The quantitative estimate of drug-likeness (QED) is 0.594. The number of carbonyl (C=O) groups is 2. The van der Waals surface area contributed by atoms with E-state index in [-0.39, 0.29) is 6.54 Å². The van der Waals surface area contributed by atoms with E-state index in [0.29, 0.717) is 23.3 Å². The zero-order valence-electron chi connectivity index (χ0n) is 18.0. The molecule has 0 amide bonds. The maximum atomic E-state index is 13.0. The summed E-state index contributed by atoms with van der Waals surface area (Å²) in [5, 5.41) is 0. The van der Waals surface area contributed by atoms with Crippen LogP contribution in [0.1, 0.15) is 26.3 Å². The number of hydrogen-bond donors (Lipinski definition) is 1. The number of carbonyl (C=O) groups excluding carboxylic acids is 2. The molecule has 1 aromatic carbocycles. The van der Waals surface area contributed by atoms with Crippen LogP contribution in [0.15, 0.2) is 47.4 Å². The smallest absolute Gasteiger partial charge is 0.335 e. The molecule has 164 valence electrons. The van der Waals surface area contributed by atoms with Gasteiger partial charge in [-0.25, -0.2) is 14.3 Å². The van der Waals surface area contributed by atoms with Gasteiger partial charge in [0.05, 0.1) is 18.3 Å². The molecule has 0 aliphatic carbocycles. The van der Waals surface area contributed by atoms with E-state index in [9.17, 15) is 14.4 Å². The minimum atomic E-state index is -0.795. The Labute approximate surface area is 179 Å². The SMILES string of the molecule is COC(=O)Cn1c(=O)n(-c2ccc(CC(N)C(=O)OC(C)(C)C)cc2)c2ncccc21. The van der Waals surface area contributed by atoms with E-state index in [1.165, 1.54) is 16.2 Å². The summed E-state index contributed by atoms with van der Waals surface area (Å²) in [6.45, 7) is 5.14. The highest BCUT2D eigenvalue weighted by molar-refractivity contribution is 5.77. The first-order chi connectivity index (χ1) is 14.6. The number of nitrogens with zero attached hydrogens (tertiary/aromatic N) is 3. The Hall–Kier alpha value is -3.46. The summed E-state index contributed by atoms with van der Waals surface area (Å²) in [7, 11) is 1.27. The monoisotopic (exact) mass is 426 g/mol. The minimum Gasteiger partial charge on any atom is -0.468 e. The molecule has 0 saturated carbocycles. The lowest BCUT2D eigenvalue weighted by molar-refractivity contribution is -0.156. The third-order valence-corrected chi connectivity index (χ3v) is 4.57. The van der Waals surface area contributed by atoms with Gasteiger partial charge in [-0.05, 0) is 57.0 Å². The van der Waals surface area contributed by atoms with Crippen molar-refractivity contribution >= 4 is 23.1 Å². The molecule has 0 fully saturated rings. The van der Waals surface area contributed by atoms with Crippen LogP contribution in [-0.2, 0) is 32.0 Å². The summed E-state index contributed by atoms with van der Waals surface area (Å²) >= 11 is 0. The van der Waals surface area contributed by atoms with E-state index in [4.69, 9.17) is 15.2 Å². The third-order valence-electron chi connectivity index (χ3n) is 4.57. The van der Waals surface area contributed by atoms with Crippen molar-refractivity contribution in [3.8, 4) is 5.69 Å². The van der Waals surface area contributed by atoms with E-state index in [1.54, 1.807) is 63.4 Å².